The quantitative estimate of drug-likeness (QED) is 0.817. The van der Waals surface area contributed by atoms with Crippen molar-refractivity contribution in [2.45, 2.75) is 6.54 Å². The first kappa shape index (κ1) is 16.4. The number of thiophene rings is 1. The van der Waals surface area contributed by atoms with Crippen molar-refractivity contribution in [2.24, 2.45) is 0 Å². The SMILES string of the molecule is COc1cc(Cl)c(CNC(=O)/C=C/c2cccs2)cc1OC. The van der Waals surface area contributed by atoms with Crippen molar-refractivity contribution in [3.8, 4) is 11.5 Å². The molecule has 0 unspecified atom stereocenters. The molecule has 0 aliphatic rings. The molecule has 0 atom stereocenters. The number of amides is 1. The number of nitrogens with one attached hydrogen (secondary N) is 1. The van der Waals surface area contributed by atoms with E-state index in [9.17, 15) is 4.79 Å². The van der Waals surface area contributed by atoms with Crippen molar-refractivity contribution in [3.63, 3.8) is 0 Å². The number of rotatable bonds is 6. The van der Waals surface area contributed by atoms with Crippen molar-refractivity contribution < 1.29 is 14.3 Å². The summed E-state index contributed by atoms with van der Waals surface area (Å²) < 4.78 is 10.4. The Kier molecular flexibility index (Phi) is 5.86. The maximum Gasteiger partial charge on any atom is 0.244 e. The van der Waals surface area contributed by atoms with Crippen LogP contribution in [0.2, 0.25) is 5.02 Å². The summed E-state index contributed by atoms with van der Waals surface area (Å²) in [6.07, 6.45) is 3.27. The fourth-order valence-corrected chi connectivity index (χ4v) is 2.66. The summed E-state index contributed by atoms with van der Waals surface area (Å²) in [6, 6.07) is 7.30. The van der Waals surface area contributed by atoms with E-state index < -0.39 is 0 Å². The molecule has 116 valence electrons. The molecule has 1 amide bonds. The Morgan fingerprint density at radius 2 is 2.05 bits per heavy atom. The van der Waals surface area contributed by atoms with Crippen LogP contribution in [0, 0.1) is 0 Å². The summed E-state index contributed by atoms with van der Waals surface area (Å²) in [5, 5.41) is 5.26. The molecule has 0 aliphatic heterocycles. The molecule has 1 aromatic heterocycles. The van der Waals surface area contributed by atoms with E-state index in [-0.39, 0.29) is 5.91 Å². The van der Waals surface area contributed by atoms with E-state index in [0.717, 1.165) is 10.4 Å². The van der Waals surface area contributed by atoms with Crippen molar-refractivity contribution in [1.82, 2.24) is 5.32 Å². The minimum atomic E-state index is -0.181. The Morgan fingerprint density at radius 3 is 2.68 bits per heavy atom. The van der Waals surface area contributed by atoms with Gasteiger partial charge < -0.3 is 14.8 Å². The summed E-state index contributed by atoms with van der Waals surface area (Å²) >= 11 is 7.75. The van der Waals surface area contributed by atoms with Gasteiger partial charge in [-0.2, -0.15) is 0 Å². The second-order valence-electron chi connectivity index (χ2n) is 4.37. The standard InChI is InChI=1S/C16H16ClNO3S/c1-20-14-8-11(13(17)9-15(14)21-2)10-18-16(19)6-5-12-4-3-7-22-12/h3-9H,10H2,1-2H3,(H,18,19)/b6-5+. The largest absolute Gasteiger partial charge is 0.493 e. The molecule has 0 spiro atoms. The summed E-state index contributed by atoms with van der Waals surface area (Å²) in [5.74, 6) is 0.949. The van der Waals surface area contributed by atoms with Crippen molar-refractivity contribution in [1.29, 1.82) is 0 Å². The highest BCUT2D eigenvalue weighted by atomic mass is 35.5. The molecule has 0 bridgehead atoms. The summed E-state index contributed by atoms with van der Waals surface area (Å²) in [5.41, 5.74) is 0.761. The fourth-order valence-electron chi connectivity index (χ4n) is 1.82. The molecular weight excluding hydrogens is 322 g/mol. The normalized spacial score (nSPS) is 10.7. The monoisotopic (exact) mass is 337 g/mol. The molecule has 6 heteroatoms. The van der Waals surface area contributed by atoms with Gasteiger partial charge in [-0.3, -0.25) is 4.79 Å². The molecule has 1 aromatic carbocycles. The molecule has 4 nitrogen and oxygen atoms in total. The van der Waals surface area contributed by atoms with Gasteiger partial charge >= 0.3 is 0 Å². The zero-order valence-corrected chi connectivity index (χ0v) is 13.8. The number of ether oxygens (including phenoxy) is 2. The van der Waals surface area contributed by atoms with E-state index >= 15 is 0 Å². The van der Waals surface area contributed by atoms with Crippen LogP contribution < -0.4 is 14.8 Å². The Bertz CT molecular complexity index is 668. The smallest absolute Gasteiger partial charge is 0.244 e. The molecule has 1 N–H and O–H groups in total. The molecular formula is C16H16ClNO3S. The molecule has 0 aliphatic carbocycles. The van der Waals surface area contributed by atoms with Crippen molar-refractivity contribution in [3.05, 3.63) is 51.2 Å². The Morgan fingerprint density at radius 1 is 1.32 bits per heavy atom. The van der Waals surface area contributed by atoms with Gasteiger partial charge in [-0.25, -0.2) is 0 Å². The Labute approximate surface area is 138 Å². The van der Waals surface area contributed by atoms with Gasteiger partial charge in [-0.15, -0.1) is 11.3 Å². The zero-order valence-electron chi connectivity index (χ0n) is 12.3. The average Bonchev–Trinajstić information content (AvgIpc) is 3.04. The summed E-state index contributed by atoms with van der Waals surface area (Å²) in [4.78, 5) is 12.8. The number of carbonyl (C=O) groups excluding carboxylic acids is 1. The van der Waals surface area contributed by atoms with Gasteiger partial charge in [-0.05, 0) is 29.2 Å². The second-order valence-corrected chi connectivity index (χ2v) is 5.75. The average molecular weight is 338 g/mol. The van der Waals surface area contributed by atoms with Crippen LogP contribution in [-0.4, -0.2) is 20.1 Å². The van der Waals surface area contributed by atoms with Crippen molar-refractivity contribution in [2.75, 3.05) is 14.2 Å². The maximum atomic E-state index is 11.8. The van der Waals surface area contributed by atoms with Crippen LogP contribution in [0.4, 0.5) is 0 Å². The predicted octanol–water partition coefficient (Wildman–Crippen LogP) is 3.75. The summed E-state index contributed by atoms with van der Waals surface area (Å²) in [7, 11) is 3.10. The van der Waals surface area contributed by atoms with Crippen LogP contribution >= 0.6 is 22.9 Å². The third-order valence-electron chi connectivity index (χ3n) is 2.95. The lowest BCUT2D eigenvalue weighted by Gasteiger charge is -2.11. The van der Waals surface area contributed by atoms with Gasteiger partial charge in [0.05, 0.1) is 14.2 Å². The molecule has 2 aromatic rings. The predicted molar refractivity (Wildman–Crippen MR) is 89.8 cm³/mol. The first-order valence-corrected chi connectivity index (χ1v) is 7.79. The highest BCUT2D eigenvalue weighted by molar-refractivity contribution is 7.10. The first-order chi connectivity index (χ1) is 10.6. The van der Waals surface area contributed by atoms with Gasteiger partial charge in [0.1, 0.15) is 0 Å². The molecule has 22 heavy (non-hydrogen) atoms. The van der Waals surface area contributed by atoms with E-state index in [0.29, 0.717) is 23.1 Å². The fraction of sp³-hybridized carbons (Fsp3) is 0.188. The molecule has 0 fully saturated rings. The van der Waals surface area contributed by atoms with Crippen LogP contribution in [0.25, 0.3) is 6.08 Å². The molecule has 0 saturated carbocycles. The number of benzene rings is 1. The van der Waals surface area contributed by atoms with Crippen LogP contribution in [0.3, 0.4) is 0 Å². The van der Waals surface area contributed by atoms with E-state index in [1.807, 2.05) is 17.5 Å². The lowest BCUT2D eigenvalue weighted by Crippen LogP contribution is -2.20. The molecule has 0 radical (unpaired) electrons. The number of methoxy groups -OCH3 is 2. The second kappa shape index (κ2) is 7.87. The van der Waals surface area contributed by atoms with Crippen molar-refractivity contribution >= 4 is 34.9 Å². The minimum Gasteiger partial charge on any atom is -0.493 e. The van der Waals surface area contributed by atoms with Gasteiger partial charge in [0.25, 0.3) is 0 Å². The third kappa shape index (κ3) is 4.26. The van der Waals surface area contributed by atoms with E-state index in [4.69, 9.17) is 21.1 Å². The lowest BCUT2D eigenvalue weighted by atomic mass is 10.2. The topological polar surface area (TPSA) is 47.6 Å². The summed E-state index contributed by atoms with van der Waals surface area (Å²) in [6.45, 7) is 0.312. The Balaban J connectivity index is 2.00. The Hall–Kier alpha value is -1.98. The van der Waals surface area contributed by atoms with E-state index in [1.165, 1.54) is 6.08 Å². The highest BCUT2D eigenvalue weighted by Crippen LogP contribution is 2.32. The molecule has 1 heterocycles. The van der Waals surface area contributed by atoms with Gasteiger partial charge in [0.2, 0.25) is 5.91 Å². The molecule has 0 saturated heterocycles. The van der Waals surface area contributed by atoms with E-state index in [2.05, 4.69) is 5.32 Å². The number of halogens is 1. The molecule has 2 rings (SSSR count). The third-order valence-corrected chi connectivity index (χ3v) is 4.14. The lowest BCUT2D eigenvalue weighted by molar-refractivity contribution is -0.116. The van der Waals surface area contributed by atoms with Gasteiger partial charge in [0, 0.05) is 28.6 Å². The number of hydrogen-bond acceptors (Lipinski definition) is 4. The van der Waals surface area contributed by atoms with E-state index in [1.54, 1.807) is 43.8 Å². The maximum absolute atomic E-state index is 11.8. The minimum absolute atomic E-state index is 0.181. The highest BCUT2D eigenvalue weighted by Gasteiger charge is 2.10. The number of hydrogen-bond donors (Lipinski definition) is 1. The van der Waals surface area contributed by atoms with Gasteiger partial charge in [-0.1, -0.05) is 17.7 Å². The van der Waals surface area contributed by atoms with Crippen LogP contribution in [0.1, 0.15) is 10.4 Å². The first-order valence-electron chi connectivity index (χ1n) is 6.54. The number of carbonyl (C=O) groups is 1. The van der Waals surface area contributed by atoms with Crippen LogP contribution in [0.15, 0.2) is 35.7 Å². The zero-order chi connectivity index (χ0) is 15.9. The van der Waals surface area contributed by atoms with Gasteiger partial charge in [0.15, 0.2) is 11.5 Å². The van der Waals surface area contributed by atoms with Crippen LogP contribution in [0.5, 0.6) is 11.5 Å². The van der Waals surface area contributed by atoms with Crippen LogP contribution in [-0.2, 0) is 11.3 Å².